The van der Waals surface area contributed by atoms with Gasteiger partial charge in [-0.3, -0.25) is 0 Å². The van der Waals surface area contributed by atoms with Crippen molar-refractivity contribution in [3.05, 3.63) is 22.4 Å². The molecule has 0 aliphatic rings. The Balaban J connectivity index is 2.47. The lowest BCUT2D eigenvalue weighted by atomic mass is 10.2. The Kier molecular flexibility index (Phi) is 6.31. The van der Waals surface area contributed by atoms with Gasteiger partial charge in [0.25, 0.3) is 0 Å². The van der Waals surface area contributed by atoms with Crippen molar-refractivity contribution in [3.63, 3.8) is 0 Å². The molecule has 2 atom stereocenters. The highest BCUT2D eigenvalue weighted by molar-refractivity contribution is 7.10. The summed E-state index contributed by atoms with van der Waals surface area (Å²) in [5.74, 6) is -0.914. The second-order valence-corrected chi connectivity index (χ2v) is 5.18. The maximum atomic E-state index is 11.6. The number of carbonyl (C=O) groups excluding carboxylic acids is 1. The molecule has 1 rings (SSSR count). The third-order valence-corrected chi connectivity index (χ3v) is 3.35. The van der Waals surface area contributed by atoms with Gasteiger partial charge in [-0.05, 0) is 17.4 Å². The number of hydrogen-bond donors (Lipinski definition) is 3. The van der Waals surface area contributed by atoms with E-state index in [9.17, 15) is 9.59 Å². The first-order chi connectivity index (χ1) is 9.04. The minimum atomic E-state index is -1.08. The molecule has 0 radical (unpaired) electrons. The first-order valence-corrected chi connectivity index (χ1v) is 6.72. The topological polar surface area (TPSA) is 87.7 Å². The van der Waals surface area contributed by atoms with Crippen LogP contribution in [0, 0.1) is 5.92 Å². The first-order valence-electron chi connectivity index (χ1n) is 5.84. The maximum Gasteiger partial charge on any atom is 0.331 e. The number of urea groups is 1. The van der Waals surface area contributed by atoms with E-state index in [1.807, 2.05) is 6.92 Å². The Bertz CT molecular complexity index is 408. The van der Waals surface area contributed by atoms with Gasteiger partial charge in [0.1, 0.15) is 0 Å². The smallest absolute Gasteiger partial charge is 0.331 e. The summed E-state index contributed by atoms with van der Waals surface area (Å²) in [4.78, 5) is 23.3. The van der Waals surface area contributed by atoms with Crippen LogP contribution in [0.2, 0.25) is 0 Å². The molecule has 0 aromatic carbocycles. The number of aliphatic carboxylic acids is 1. The highest BCUT2D eigenvalue weighted by Crippen LogP contribution is 2.18. The van der Waals surface area contributed by atoms with E-state index in [1.54, 1.807) is 24.6 Å². The van der Waals surface area contributed by atoms with Crippen molar-refractivity contribution in [1.82, 2.24) is 10.6 Å². The molecule has 0 fully saturated rings. The van der Waals surface area contributed by atoms with Crippen LogP contribution in [0.3, 0.4) is 0 Å². The highest BCUT2D eigenvalue weighted by atomic mass is 32.1. The Hall–Kier alpha value is -1.60. The summed E-state index contributed by atoms with van der Waals surface area (Å²) in [5.41, 5.74) is 0. The lowest BCUT2D eigenvalue weighted by Crippen LogP contribution is -2.42. The molecule has 1 heterocycles. The standard InChI is InChI=1S/C12H18N2O4S/c1-8(7-18-2)6-13-12(17)14-10(11(15)16)9-4-3-5-19-9/h3-5,8,10H,6-7H2,1-2H3,(H,15,16)(H2,13,14,17). The number of rotatable bonds is 7. The van der Waals surface area contributed by atoms with Crippen molar-refractivity contribution in [2.45, 2.75) is 13.0 Å². The van der Waals surface area contributed by atoms with Crippen LogP contribution >= 0.6 is 11.3 Å². The van der Waals surface area contributed by atoms with Crippen LogP contribution < -0.4 is 10.6 Å². The summed E-state index contributed by atoms with van der Waals surface area (Å²) in [6, 6.07) is 1.91. The van der Waals surface area contributed by atoms with Gasteiger partial charge < -0.3 is 20.5 Å². The molecule has 19 heavy (non-hydrogen) atoms. The molecule has 3 N–H and O–H groups in total. The minimum Gasteiger partial charge on any atom is -0.479 e. The molecule has 0 spiro atoms. The predicted octanol–water partition coefficient (Wildman–Crippen LogP) is 1.46. The molecule has 2 unspecified atom stereocenters. The van der Waals surface area contributed by atoms with Crippen LogP contribution in [0.15, 0.2) is 17.5 Å². The van der Waals surface area contributed by atoms with Crippen LogP contribution in [-0.2, 0) is 9.53 Å². The average Bonchev–Trinajstić information content (AvgIpc) is 2.87. The SMILES string of the molecule is COCC(C)CNC(=O)NC(C(=O)O)c1cccs1. The van der Waals surface area contributed by atoms with E-state index in [2.05, 4.69) is 10.6 Å². The fraction of sp³-hybridized carbons (Fsp3) is 0.500. The number of nitrogens with one attached hydrogen (secondary N) is 2. The van der Waals surface area contributed by atoms with Gasteiger partial charge in [-0.1, -0.05) is 13.0 Å². The van der Waals surface area contributed by atoms with E-state index < -0.39 is 18.0 Å². The summed E-state index contributed by atoms with van der Waals surface area (Å²) in [6.45, 7) is 2.89. The van der Waals surface area contributed by atoms with Gasteiger partial charge in [0, 0.05) is 18.5 Å². The maximum absolute atomic E-state index is 11.6. The van der Waals surface area contributed by atoms with Gasteiger partial charge in [-0.2, -0.15) is 0 Å². The van der Waals surface area contributed by atoms with Gasteiger partial charge in [-0.25, -0.2) is 9.59 Å². The van der Waals surface area contributed by atoms with E-state index in [0.717, 1.165) is 0 Å². The second kappa shape index (κ2) is 7.75. The fourth-order valence-corrected chi connectivity index (χ4v) is 2.27. The summed E-state index contributed by atoms with van der Waals surface area (Å²) in [7, 11) is 1.59. The van der Waals surface area contributed by atoms with E-state index in [1.165, 1.54) is 11.3 Å². The molecule has 6 nitrogen and oxygen atoms in total. The number of carboxylic acids is 1. The molecular weight excluding hydrogens is 268 g/mol. The normalized spacial score (nSPS) is 13.6. The van der Waals surface area contributed by atoms with Crippen LogP contribution in [0.1, 0.15) is 17.8 Å². The summed E-state index contributed by atoms with van der Waals surface area (Å²) in [5, 5.41) is 15.9. The number of hydrogen-bond acceptors (Lipinski definition) is 4. The van der Waals surface area contributed by atoms with Gasteiger partial charge in [0.05, 0.1) is 6.61 Å². The third-order valence-electron chi connectivity index (χ3n) is 2.41. The fourth-order valence-electron chi connectivity index (χ4n) is 1.50. The number of carboxylic acid groups (broad SMARTS) is 1. The molecule has 1 aromatic rings. The average molecular weight is 286 g/mol. The Morgan fingerprint density at radius 2 is 2.26 bits per heavy atom. The summed E-state index contributed by atoms with van der Waals surface area (Å²) < 4.78 is 4.95. The Labute approximate surface area is 115 Å². The summed E-state index contributed by atoms with van der Waals surface area (Å²) >= 11 is 1.29. The highest BCUT2D eigenvalue weighted by Gasteiger charge is 2.22. The van der Waals surface area contributed by atoms with Crippen molar-refractivity contribution in [2.24, 2.45) is 5.92 Å². The lowest BCUT2D eigenvalue weighted by molar-refractivity contribution is -0.139. The second-order valence-electron chi connectivity index (χ2n) is 4.20. The zero-order valence-electron chi connectivity index (χ0n) is 10.9. The largest absolute Gasteiger partial charge is 0.479 e. The van der Waals surface area contributed by atoms with Crippen molar-refractivity contribution in [2.75, 3.05) is 20.3 Å². The first kappa shape index (κ1) is 15.5. The number of methoxy groups -OCH3 is 1. The number of ether oxygens (including phenoxy) is 1. The van der Waals surface area contributed by atoms with Gasteiger partial charge in [0.15, 0.2) is 6.04 Å². The van der Waals surface area contributed by atoms with Crippen LogP contribution in [0.4, 0.5) is 4.79 Å². The van der Waals surface area contributed by atoms with Crippen molar-refractivity contribution < 1.29 is 19.4 Å². The van der Waals surface area contributed by atoms with Crippen LogP contribution in [0.25, 0.3) is 0 Å². The molecule has 2 amide bonds. The van der Waals surface area contributed by atoms with Crippen molar-refractivity contribution in [1.29, 1.82) is 0 Å². The molecule has 7 heteroatoms. The van der Waals surface area contributed by atoms with Crippen LogP contribution in [-0.4, -0.2) is 37.4 Å². The minimum absolute atomic E-state index is 0.167. The Morgan fingerprint density at radius 3 is 2.79 bits per heavy atom. The van der Waals surface area contributed by atoms with Crippen LogP contribution in [0.5, 0.6) is 0 Å². The van der Waals surface area contributed by atoms with Gasteiger partial charge in [-0.15, -0.1) is 11.3 Å². The monoisotopic (exact) mass is 286 g/mol. The number of amides is 2. The van der Waals surface area contributed by atoms with Crippen molar-refractivity contribution in [3.8, 4) is 0 Å². The molecule has 0 aliphatic carbocycles. The van der Waals surface area contributed by atoms with E-state index in [4.69, 9.17) is 9.84 Å². The molecule has 0 bridgehead atoms. The summed E-state index contributed by atoms with van der Waals surface area (Å²) in [6.07, 6.45) is 0. The number of thiophene rings is 1. The van der Waals surface area contributed by atoms with Crippen molar-refractivity contribution >= 4 is 23.3 Å². The predicted molar refractivity (Wildman–Crippen MR) is 72.3 cm³/mol. The molecule has 0 aliphatic heterocycles. The molecule has 106 valence electrons. The zero-order valence-corrected chi connectivity index (χ0v) is 11.7. The Morgan fingerprint density at radius 1 is 1.53 bits per heavy atom. The molecule has 0 saturated heterocycles. The molecular formula is C12H18N2O4S. The van der Waals surface area contributed by atoms with E-state index in [0.29, 0.717) is 18.0 Å². The van der Waals surface area contributed by atoms with Gasteiger partial charge >= 0.3 is 12.0 Å². The van der Waals surface area contributed by atoms with Gasteiger partial charge in [0.2, 0.25) is 0 Å². The third kappa shape index (κ3) is 5.27. The lowest BCUT2D eigenvalue weighted by Gasteiger charge is -2.15. The quantitative estimate of drug-likeness (QED) is 0.708. The zero-order chi connectivity index (χ0) is 14.3. The van der Waals surface area contributed by atoms with E-state index in [-0.39, 0.29) is 5.92 Å². The molecule has 0 saturated carbocycles. The van der Waals surface area contributed by atoms with E-state index >= 15 is 0 Å². The molecule has 1 aromatic heterocycles. The number of carbonyl (C=O) groups is 2.